The van der Waals surface area contributed by atoms with Crippen molar-refractivity contribution in [2.24, 2.45) is 5.10 Å². The monoisotopic (exact) mass is 226 g/mol. The third kappa shape index (κ3) is 2.15. The molecule has 1 aliphatic rings. The molecule has 15 heavy (non-hydrogen) atoms. The minimum atomic E-state index is -0.435. The Morgan fingerprint density at radius 3 is 2.93 bits per heavy atom. The second-order valence-electron chi connectivity index (χ2n) is 3.16. The van der Waals surface area contributed by atoms with E-state index in [4.69, 9.17) is 11.6 Å². The fourth-order valence-electron chi connectivity index (χ4n) is 1.35. The maximum atomic E-state index is 12.9. The molecule has 3 nitrogen and oxygen atoms in total. The fourth-order valence-corrected chi connectivity index (χ4v) is 1.52. The van der Waals surface area contributed by atoms with Gasteiger partial charge in [0.15, 0.2) is 0 Å². The quantitative estimate of drug-likeness (QED) is 0.723. The van der Waals surface area contributed by atoms with E-state index in [0.29, 0.717) is 18.1 Å². The van der Waals surface area contributed by atoms with Gasteiger partial charge in [0.1, 0.15) is 11.0 Å². The number of rotatable bonds is 1. The van der Waals surface area contributed by atoms with Gasteiger partial charge in [-0.1, -0.05) is 17.7 Å². The SMILES string of the molecule is O=C(c1cccc(F)c1)N1CCC(Cl)=N1. The molecule has 0 aliphatic carbocycles. The Morgan fingerprint density at radius 1 is 1.53 bits per heavy atom. The highest BCUT2D eigenvalue weighted by Gasteiger charge is 2.20. The average Bonchev–Trinajstić information content (AvgIpc) is 2.64. The Bertz CT molecular complexity index is 433. The lowest BCUT2D eigenvalue weighted by Crippen LogP contribution is -2.23. The van der Waals surface area contributed by atoms with Gasteiger partial charge in [0.25, 0.3) is 5.91 Å². The predicted molar refractivity (Wildman–Crippen MR) is 55.3 cm³/mol. The maximum absolute atomic E-state index is 12.9. The smallest absolute Gasteiger partial charge is 0.267 e. The zero-order valence-corrected chi connectivity index (χ0v) is 8.54. The van der Waals surface area contributed by atoms with Crippen LogP contribution in [-0.2, 0) is 0 Å². The van der Waals surface area contributed by atoms with Gasteiger partial charge in [-0.05, 0) is 18.2 Å². The normalized spacial score (nSPS) is 15.3. The lowest BCUT2D eigenvalue weighted by Gasteiger charge is -2.10. The van der Waals surface area contributed by atoms with Crippen molar-refractivity contribution in [2.75, 3.05) is 6.54 Å². The molecular formula is C10H8ClFN2O. The lowest BCUT2D eigenvalue weighted by atomic mass is 10.2. The summed E-state index contributed by atoms with van der Waals surface area (Å²) in [6.07, 6.45) is 0.558. The van der Waals surface area contributed by atoms with E-state index in [1.807, 2.05) is 0 Å². The molecule has 0 atom stereocenters. The second-order valence-corrected chi connectivity index (χ2v) is 3.60. The number of hydrazone groups is 1. The zero-order valence-electron chi connectivity index (χ0n) is 7.78. The number of nitrogens with zero attached hydrogens (tertiary/aromatic N) is 2. The molecule has 2 rings (SSSR count). The number of amides is 1. The number of carbonyl (C=O) groups excluding carboxylic acids is 1. The first-order chi connectivity index (χ1) is 7.16. The first-order valence-corrected chi connectivity index (χ1v) is 4.85. The van der Waals surface area contributed by atoms with Crippen molar-refractivity contribution in [2.45, 2.75) is 6.42 Å². The average molecular weight is 227 g/mol. The first-order valence-electron chi connectivity index (χ1n) is 4.47. The second kappa shape index (κ2) is 3.98. The van der Waals surface area contributed by atoms with Crippen molar-refractivity contribution in [3.63, 3.8) is 0 Å². The van der Waals surface area contributed by atoms with Crippen LogP contribution in [0.2, 0.25) is 0 Å². The van der Waals surface area contributed by atoms with Crippen molar-refractivity contribution in [3.05, 3.63) is 35.6 Å². The van der Waals surface area contributed by atoms with E-state index in [1.165, 1.54) is 23.2 Å². The molecule has 78 valence electrons. The largest absolute Gasteiger partial charge is 0.274 e. The van der Waals surface area contributed by atoms with E-state index in [0.717, 1.165) is 0 Å². The number of halogens is 2. The van der Waals surface area contributed by atoms with Gasteiger partial charge in [-0.15, -0.1) is 0 Å². The van der Waals surface area contributed by atoms with Gasteiger partial charge >= 0.3 is 0 Å². The van der Waals surface area contributed by atoms with Gasteiger partial charge < -0.3 is 0 Å². The van der Waals surface area contributed by atoms with Crippen LogP contribution in [0.4, 0.5) is 4.39 Å². The summed E-state index contributed by atoms with van der Waals surface area (Å²) in [4.78, 5) is 11.7. The van der Waals surface area contributed by atoms with E-state index in [2.05, 4.69) is 5.10 Å². The van der Waals surface area contributed by atoms with E-state index in [9.17, 15) is 9.18 Å². The molecule has 0 saturated carbocycles. The van der Waals surface area contributed by atoms with Gasteiger partial charge in [0, 0.05) is 12.0 Å². The summed E-state index contributed by atoms with van der Waals surface area (Å²) in [7, 11) is 0. The van der Waals surface area contributed by atoms with Crippen LogP contribution in [0.25, 0.3) is 0 Å². The number of carbonyl (C=O) groups is 1. The van der Waals surface area contributed by atoms with E-state index in [-0.39, 0.29) is 11.5 Å². The molecule has 0 bridgehead atoms. The molecule has 0 aromatic heterocycles. The van der Waals surface area contributed by atoms with Gasteiger partial charge in [-0.2, -0.15) is 5.10 Å². The fraction of sp³-hybridized carbons (Fsp3) is 0.200. The van der Waals surface area contributed by atoms with Crippen LogP contribution in [0.5, 0.6) is 0 Å². The molecule has 1 aromatic rings. The number of hydrogen-bond acceptors (Lipinski definition) is 2. The number of hydrogen-bond donors (Lipinski definition) is 0. The summed E-state index contributed by atoms with van der Waals surface area (Å²) in [6, 6.07) is 5.51. The van der Waals surface area contributed by atoms with Gasteiger partial charge in [-0.3, -0.25) is 4.79 Å². The van der Waals surface area contributed by atoms with Crippen LogP contribution in [0.1, 0.15) is 16.8 Å². The lowest BCUT2D eigenvalue weighted by molar-refractivity contribution is 0.0778. The van der Waals surface area contributed by atoms with Gasteiger partial charge in [-0.25, -0.2) is 9.40 Å². The molecule has 5 heteroatoms. The molecule has 0 saturated heterocycles. The molecule has 0 fully saturated rings. The Kier molecular flexibility index (Phi) is 2.68. The van der Waals surface area contributed by atoms with Crippen LogP contribution in [0.3, 0.4) is 0 Å². The Labute approximate surface area is 91.1 Å². The van der Waals surface area contributed by atoms with Crippen LogP contribution in [0, 0.1) is 5.82 Å². The Balaban J connectivity index is 2.21. The summed E-state index contributed by atoms with van der Waals surface area (Å²) >= 11 is 5.65. The summed E-state index contributed by atoms with van der Waals surface area (Å²) in [5.74, 6) is -0.764. The van der Waals surface area contributed by atoms with Crippen molar-refractivity contribution in [1.29, 1.82) is 0 Å². The van der Waals surface area contributed by atoms with E-state index >= 15 is 0 Å². The van der Waals surface area contributed by atoms with Crippen LogP contribution >= 0.6 is 11.6 Å². The van der Waals surface area contributed by atoms with E-state index in [1.54, 1.807) is 6.07 Å². The molecule has 0 radical (unpaired) electrons. The standard InChI is InChI=1S/C10H8ClFN2O/c11-9-4-5-14(13-9)10(15)7-2-1-3-8(12)6-7/h1-3,6H,4-5H2. The first kappa shape index (κ1) is 10.1. The van der Waals surface area contributed by atoms with Crippen LogP contribution < -0.4 is 0 Å². The zero-order chi connectivity index (χ0) is 10.8. The number of benzene rings is 1. The van der Waals surface area contributed by atoms with E-state index < -0.39 is 5.82 Å². The van der Waals surface area contributed by atoms with Crippen molar-refractivity contribution >= 4 is 22.7 Å². The molecule has 0 unspecified atom stereocenters. The predicted octanol–water partition coefficient (Wildman–Crippen LogP) is 2.22. The molecular weight excluding hydrogens is 219 g/mol. The molecule has 0 spiro atoms. The molecule has 1 aromatic carbocycles. The highest BCUT2D eigenvalue weighted by molar-refractivity contribution is 6.65. The molecule has 0 N–H and O–H groups in total. The Hall–Kier alpha value is -1.42. The molecule has 1 heterocycles. The third-order valence-electron chi connectivity index (χ3n) is 2.07. The Morgan fingerprint density at radius 2 is 2.33 bits per heavy atom. The van der Waals surface area contributed by atoms with Crippen LogP contribution in [0.15, 0.2) is 29.4 Å². The highest BCUT2D eigenvalue weighted by Crippen LogP contribution is 2.14. The highest BCUT2D eigenvalue weighted by atomic mass is 35.5. The summed E-state index contributed by atoms with van der Waals surface area (Å²) in [5, 5.41) is 5.49. The van der Waals surface area contributed by atoms with Gasteiger partial charge in [0.2, 0.25) is 0 Å². The maximum Gasteiger partial charge on any atom is 0.274 e. The third-order valence-corrected chi connectivity index (χ3v) is 2.33. The molecule has 1 amide bonds. The van der Waals surface area contributed by atoms with Crippen molar-refractivity contribution < 1.29 is 9.18 Å². The van der Waals surface area contributed by atoms with Crippen molar-refractivity contribution in [1.82, 2.24) is 5.01 Å². The van der Waals surface area contributed by atoms with Gasteiger partial charge in [0.05, 0.1) is 6.54 Å². The summed E-state index contributed by atoms with van der Waals surface area (Å²) in [5.41, 5.74) is 0.283. The molecule has 1 aliphatic heterocycles. The minimum absolute atomic E-state index is 0.283. The minimum Gasteiger partial charge on any atom is -0.267 e. The summed E-state index contributed by atoms with van der Waals surface area (Å²) in [6.45, 7) is 0.453. The topological polar surface area (TPSA) is 32.7 Å². The van der Waals surface area contributed by atoms with Crippen LogP contribution in [-0.4, -0.2) is 22.6 Å². The summed E-state index contributed by atoms with van der Waals surface area (Å²) < 4.78 is 12.9. The van der Waals surface area contributed by atoms with Crippen molar-refractivity contribution in [3.8, 4) is 0 Å².